The van der Waals surface area contributed by atoms with Crippen molar-refractivity contribution in [2.24, 2.45) is 11.1 Å². The van der Waals surface area contributed by atoms with E-state index in [1.807, 2.05) is 55.7 Å². The van der Waals surface area contributed by atoms with Crippen LogP contribution >= 0.6 is 0 Å². The van der Waals surface area contributed by atoms with Crippen molar-refractivity contribution in [2.75, 3.05) is 26.9 Å². The summed E-state index contributed by atoms with van der Waals surface area (Å²) in [4.78, 5) is 34.2. The van der Waals surface area contributed by atoms with Gasteiger partial charge in [0.25, 0.3) is 0 Å². The van der Waals surface area contributed by atoms with Gasteiger partial charge in [0, 0.05) is 43.9 Å². The molecule has 1 aromatic heterocycles. The number of hydrogen-bond acceptors (Lipinski definition) is 6. The fourth-order valence-corrected chi connectivity index (χ4v) is 5.49. The molecule has 4 rings (SSSR count). The molecular formula is C32H40F3N5O4. The number of imidazole rings is 1. The van der Waals surface area contributed by atoms with Crippen LogP contribution in [0.15, 0.2) is 54.7 Å². The van der Waals surface area contributed by atoms with Crippen LogP contribution in [-0.2, 0) is 16.0 Å². The van der Waals surface area contributed by atoms with Crippen molar-refractivity contribution in [3.8, 4) is 11.3 Å². The molecule has 0 aliphatic carbocycles. The predicted molar refractivity (Wildman–Crippen MR) is 159 cm³/mol. The molecule has 1 fully saturated rings. The lowest BCUT2D eigenvalue weighted by atomic mass is 9.84. The molecule has 2 N–H and O–H groups in total. The highest BCUT2D eigenvalue weighted by Crippen LogP contribution is 2.40. The molecule has 2 heterocycles. The molecule has 0 spiro atoms. The number of ether oxygens (including phenoxy) is 2. The zero-order valence-electron chi connectivity index (χ0n) is 25.5. The minimum absolute atomic E-state index is 0.0193. The van der Waals surface area contributed by atoms with E-state index in [2.05, 4.69) is 4.74 Å². The molecule has 12 heteroatoms. The average molecular weight is 616 g/mol. The molecule has 9 nitrogen and oxygen atoms in total. The second kappa shape index (κ2) is 14.1. The first-order valence-corrected chi connectivity index (χ1v) is 14.6. The smallest absolute Gasteiger partial charge is 0.438 e. The average Bonchev–Trinajstić information content (AvgIpc) is 3.62. The third kappa shape index (κ3) is 7.71. The zero-order chi connectivity index (χ0) is 32.0. The van der Waals surface area contributed by atoms with Crippen molar-refractivity contribution in [3.63, 3.8) is 0 Å². The Morgan fingerprint density at radius 1 is 1.16 bits per heavy atom. The molecule has 2 amide bonds. The van der Waals surface area contributed by atoms with Gasteiger partial charge in [-0.05, 0) is 42.0 Å². The zero-order valence-corrected chi connectivity index (χ0v) is 25.5. The molecule has 1 saturated heterocycles. The van der Waals surface area contributed by atoms with Gasteiger partial charge in [-0.1, -0.05) is 51.1 Å². The van der Waals surface area contributed by atoms with Crippen LogP contribution in [0.3, 0.4) is 0 Å². The van der Waals surface area contributed by atoms with Crippen LogP contribution in [0, 0.1) is 17.0 Å². The van der Waals surface area contributed by atoms with Crippen molar-refractivity contribution >= 4 is 12.2 Å². The number of carbonyl (C=O) groups is 2. The lowest BCUT2D eigenvalue weighted by Gasteiger charge is -2.42. The molecule has 238 valence electrons. The number of rotatable bonds is 10. The van der Waals surface area contributed by atoms with Crippen LogP contribution < -0.4 is 5.73 Å². The van der Waals surface area contributed by atoms with Gasteiger partial charge in [-0.15, -0.1) is 0 Å². The molecule has 1 unspecified atom stereocenters. The summed E-state index contributed by atoms with van der Waals surface area (Å²) in [5.74, 6) is -0.834. The Labute approximate surface area is 255 Å². The minimum Gasteiger partial charge on any atom is -0.438 e. The summed E-state index contributed by atoms with van der Waals surface area (Å²) in [6.07, 6.45) is 1.05. The number of halogens is 3. The fraction of sp³-hybridized carbons (Fsp3) is 0.469. The standard InChI is InChI=1S/C32H40F3N5O4/c1-32(2,3)28(40(16-14-23(36)18-33)30(41)39-15-8-11-27(39)44-31(42)43-4)29-37-26(24-17-22(34)12-13-25(24)35)20-38(29)19-21-9-6-5-7-10-21/h5-7,9-10,12-13,17,20,23,27-28H,8,11,14-16,18-19,36H2,1-4H3/t23?,27-,28-/m0/s1. The molecule has 3 atom stereocenters. The molecule has 0 bridgehead atoms. The normalized spacial score (nSPS) is 16.5. The van der Waals surface area contributed by atoms with Crippen LogP contribution in [-0.4, -0.2) is 70.7 Å². The van der Waals surface area contributed by atoms with E-state index in [4.69, 9.17) is 15.5 Å². The number of benzene rings is 2. The summed E-state index contributed by atoms with van der Waals surface area (Å²) < 4.78 is 54.6. The van der Waals surface area contributed by atoms with E-state index in [9.17, 15) is 22.8 Å². The number of urea groups is 1. The van der Waals surface area contributed by atoms with Gasteiger partial charge in [0.1, 0.15) is 24.1 Å². The summed E-state index contributed by atoms with van der Waals surface area (Å²) >= 11 is 0. The Balaban J connectivity index is 1.85. The molecule has 1 aliphatic heterocycles. The Kier molecular flexibility index (Phi) is 10.6. The first-order chi connectivity index (χ1) is 20.9. The van der Waals surface area contributed by atoms with E-state index in [1.54, 1.807) is 11.1 Å². The third-order valence-corrected chi connectivity index (χ3v) is 7.61. The van der Waals surface area contributed by atoms with E-state index >= 15 is 0 Å². The van der Waals surface area contributed by atoms with Crippen molar-refractivity contribution in [1.29, 1.82) is 0 Å². The fourth-order valence-electron chi connectivity index (χ4n) is 5.49. The molecule has 1 aliphatic rings. The highest BCUT2D eigenvalue weighted by molar-refractivity contribution is 5.76. The molecule has 0 radical (unpaired) electrons. The lowest BCUT2D eigenvalue weighted by molar-refractivity contribution is -0.0182. The second-order valence-electron chi connectivity index (χ2n) is 12.0. The van der Waals surface area contributed by atoms with Crippen molar-refractivity contribution < 1.29 is 32.2 Å². The van der Waals surface area contributed by atoms with Gasteiger partial charge >= 0.3 is 12.2 Å². The van der Waals surface area contributed by atoms with Gasteiger partial charge in [0.05, 0.1) is 18.8 Å². The quantitative estimate of drug-likeness (QED) is 0.270. The Bertz CT molecular complexity index is 1430. The van der Waals surface area contributed by atoms with Gasteiger partial charge in [0.15, 0.2) is 6.23 Å². The second-order valence-corrected chi connectivity index (χ2v) is 12.0. The number of alkyl halides is 1. The van der Waals surface area contributed by atoms with Gasteiger partial charge in [-0.3, -0.25) is 4.90 Å². The Morgan fingerprint density at radius 2 is 1.89 bits per heavy atom. The molecule has 2 aromatic carbocycles. The van der Waals surface area contributed by atoms with Crippen LogP contribution in [0.5, 0.6) is 0 Å². The largest absolute Gasteiger partial charge is 0.509 e. The van der Waals surface area contributed by atoms with Crippen LogP contribution in [0.2, 0.25) is 0 Å². The van der Waals surface area contributed by atoms with E-state index in [0.29, 0.717) is 31.8 Å². The van der Waals surface area contributed by atoms with Crippen LogP contribution in [0.4, 0.5) is 22.8 Å². The summed E-state index contributed by atoms with van der Waals surface area (Å²) in [6.45, 7) is 5.74. The summed E-state index contributed by atoms with van der Waals surface area (Å²) in [6, 6.07) is 10.7. The third-order valence-electron chi connectivity index (χ3n) is 7.61. The topological polar surface area (TPSA) is 103 Å². The van der Waals surface area contributed by atoms with Gasteiger partial charge in [0.2, 0.25) is 0 Å². The van der Waals surface area contributed by atoms with E-state index in [1.165, 1.54) is 12.0 Å². The monoisotopic (exact) mass is 615 g/mol. The van der Waals surface area contributed by atoms with Crippen molar-refractivity contribution in [1.82, 2.24) is 19.4 Å². The lowest BCUT2D eigenvalue weighted by Crippen LogP contribution is -2.52. The molecule has 3 aromatic rings. The van der Waals surface area contributed by atoms with Crippen LogP contribution in [0.1, 0.15) is 57.5 Å². The van der Waals surface area contributed by atoms with Gasteiger partial charge < -0.3 is 24.7 Å². The molecule has 0 saturated carbocycles. The number of nitrogens with zero attached hydrogens (tertiary/aromatic N) is 4. The van der Waals surface area contributed by atoms with Gasteiger partial charge in [-0.2, -0.15) is 0 Å². The number of carbonyl (C=O) groups excluding carboxylic acids is 2. The molecule has 44 heavy (non-hydrogen) atoms. The molecular weight excluding hydrogens is 575 g/mol. The van der Waals surface area contributed by atoms with Crippen LogP contribution in [0.25, 0.3) is 11.3 Å². The summed E-state index contributed by atoms with van der Waals surface area (Å²) in [5.41, 5.74) is 6.41. The van der Waals surface area contributed by atoms with E-state index in [-0.39, 0.29) is 24.2 Å². The Morgan fingerprint density at radius 3 is 2.55 bits per heavy atom. The highest BCUT2D eigenvalue weighted by atomic mass is 19.1. The van der Waals surface area contributed by atoms with E-state index < -0.39 is 54.2 Å². The SMILES string of the molecule is COC(=O)O[C@H]1CCCN1C(=O)N(CCC(N)CF)[C@@H](c1nc(-c2cc(F)ccc2F)cn1Cc1ccccc1)C(C)(C)C. The van der Waals surface area contributed by atoms with Crippen molar-refractivity contribution in [3.05, 3.63) is 77.8 Å². The number of amides is 2. The van der Waals surface area contributed by atoms with Gasteiger partial charge in [-0.25, -0.2) is 27.7 Å². The number of aromatic nitrogens is 2. The number of hydrogen-bond donors (Lipinski definition) is 1. The maximum absolute atomic E-state index is 15.0. The Hall–Kier alpha value is -4.06. The summed E-state index contributed by atoms with van der Waals surface area (Å²) in [5, 5.41) is 0. The first-order valence-electron chi connectivity index (χ1n) is 14.6. The predicted octanol–water partition coefficient (Wildman–Crippen LogP) is 6.28. The number of nitrogens with two attached hydrogens (primary N) is 1. The maximum atomic E-state index is 15.0. The number of methoxy groups -OCH3 is 1. The summed E-state index contributed by atoms with van der Waals surface area (Å²) in [7, 11) is 1.19. The minimum atomic E-state index is -0.909. The van der Waals surface area contributed by atoms with Crippen molar-refractivity contribution in [2.45, 2.75) is 64.9 Å². The highest BCUT2D eigenvalue weighted by Gasteiger charge is 2.43. The maximum Gasteiger partial charge on any atom is 0.509 e. The van der Waals surface area contributed by atoms with E-state index in [0.717, 1.165) is 23.8 Å². The first kappa shape index (κ1) is 32.8. The number of likely N-dealkylation sites (tertiary alicyclic amines) is 1.